The van der Waals surface area contributed by atoms with Gasteiger partial charge in [0.1, 0.15) is 5.82 Å². The number of carbonyl (C=O) groups excluding carboxylic acids is 1. The van der Waals surface area contributed by atoms with Crippen molar-refractivity contribution in [3.8, 4) is 6.07 Å². The molecule has 1 aromatic carbocycles. The Hall–Kier alpha value is -1.41. The molecule has 1 amide bonds. The summed E-state index contributed by atoms with van der Waals surface area (Å²) in [5.41, 5.74) is 0.446. The van der Waals surface area contributed by atoms with E-state index < -0.39 is 0 Å². The highest BCUT2D eigenvalue weighted by Crippen LogP contribution is 2.21. The Morgan fingerprint density at radius 2 is 2.33 bits per heavy atom. The number of nitrogens with zero attached hydrogens (tertiary/aromatic N) is 2. The van der Waals surface area contributed by atoms with Crippen LogP contribution in [0, 0.1) is 23.1 Å². The molecule has 1 atom stereocenters. The minimum Gasteiger partial charge on any atom is -0.337 e. The number of benzene rings is 1. The average molecular weight is 311 g/mol. The minimum atomic E-state index is -0.389. The van der Waals surface area contributed by atoms with Crippen molar-refractivity contribution >= 4 is 21.8 Å². The van der Waals surface area contributed by atoms with Gasteiger partial charge in [-0.1, -0.05) is 0 Å². The molecule has 18 heavy (non-hydrogen) atoms. The third-order valence-corrected chi connectivity index (χ3v) is 3.67. The first kappa shape index (κ1) is 13.0. The van der Waals surface area contributed by atoms with E-state index >= 15 is 0 Å². The fourth-order valence-electron chi connectivity index (χ4n) is 2.08. The van der Waals surface area contributed by atoms with Crippen LogP contribution in [0.4, 0.5) is 4.39 Å². The maximum atomic E-state index is 13.1. The molecule has 0 N–H and O–H groups in total. The first-order valence-electron chi connectivity index (χ1n) is 5.75. The molecule has 0 radical (unpaired) electrons. The monoisotopic (exact) mass is 310 g/mol. The van der Waals surface area contributed by atoms with Gasteiger partial charge in [-0.25, -0.2) is 4.39 Å². The predicted octanol–water partition coefficient (Wildman–Crippen LogP) is 2.96. The summed E-state index contributed by atoms with van der Waals surface area (Å²) in [7, 11) is 0. The van der Waals surface area contributed by atoms with E-state index in [9.17, 15) is 9.18 Å². The van der Waals surface area contributed by atoms with Crippen LogP contribution in [0.2, 0.25) is 0 Å². The number of hydrogen-bond donors (Lipinski definition) is 0. The second-order valence-corrected chi connectivity index (χ2v) is 5.20. The van der Waals surface area contributed by atoms with Crippen LogP contribution in [-0.4, -0.2) is 23.9 Å². The summed E-state index contributed by atoms with van der Waals surface area (Å²) in [5, 5.41) is 8.90. The van der Waals surface area contributed by atoms with Crippen molar-refractivity contribution in [1.82, 2.24) is 4.90 Å². The average Bonchev–Trinajstić information content (AvgIpc) is 2.41. The molecule has 1 fully saturated rings. The SMILES string of the molecule is N#CC1CCCN(C(=O)c2ccc(F)c(Br)c2)C1. The minimum absolute atomic E-state index is 0.0911. The standard InChI is InChI=1S/C13H12BrFN2O/c14-11-6-10(3-4-12(11)15)13(18)17-5-1-2-9(7-16)8-17/h3-4,6,9H,1-2,5,8H2. The van der Waals surface area contributed by atoms with Crippen LogP contribution in [0.5, 0.6) is 0 Å². The van der Waals surface area contributed by atoms with Gasteiger partial charge in [0.25, 0.3) is 5.91 Å². The van der Waals surface area contributed by atoms with Gasteiger partial charge in [0.05, 0.1) is 16.5 Å². The summed E-state index contributed by atoms with van der Waals surface area (Å²) in [4.78, 5) is 13.9. The zero-order chi connectivity index (χ0) is 13.1. The molecule has 1 saturated heterocycles. The van der Waals surface area contributed by atoms with Crippen LogP contribution >= 0.6 is 15.9 Å². The molecule has 3 nitrogen and oxygen atoms in total. The van der Waals surface area contributed by atoms with Crippen molar-refractivity contribution in [1.29, 1.82) is 5.26 Å². The van der Waals surface area contributed by atoms with Gasteiger partial charge in [-0.2, -0.15) is 5.26 Å². The molecule has 0 bridgehead atoms. The van der Waals surface area contributed by atoms with Crippen LogP contribution < -0.4 is 0 Å². The molecular formula is C13H12BrFN2O. The summed E-state index contributed by atoms with van der Waals surface area (Å²) in [6.45, 7) is 1.12. The zero-order valence-corrected chi connectivity index (χ0v) is 11.3. The first-order valence-corrected chi connectivity index (χ1v) is 6.55. The Morgan fingerprint density at radius 1 is 1.56 bits per heavy atom. The van der Waals surface area contributed by atoms with Gasteiger partial charge in [-0.05, 0) is 47.0 Å². The molecule has 2 rings (SSSR count). The summed E-state index contributed by atoms with van der Waals surface area (Å²) in [6.07, 6.45) is 1.68. The lowest BCUT2D eigenvalue weighted by atomic mass is 9.99. The van der Waals surface area contributed by atoms with E-state index in [2.05, 4.69) is 22.0 Å². The van der Waals surface area contributed by atoms with Gasteiger partial charge in [0.15, 0.2) is 0 Å². The van der Waals surface area contributed by atoms with Crippen molar-refractivity contribution in [2.75, 3.05) is 13.1 Å². The van der Waals surface area contributed by atoms with E-state index in [-0.39, 0.29) is 22.1 Å². The van der Waals surface area contributed by atoms with Crippen LogP contribution in [0.25, 0.3) is 0 Å². The lowest BCUT2D eigenvalue weighted by molar-refractivity contribution is 0.0698. The molecule has 1 aliphatic rings. The van der Waals surface area contributed by atoms with E-state index in [1.54, 1.807) is 4.90 Å². The second-order valence-electron chi connectivity index (χ2n) is 4.35. The Kier molecular flexibility index (Phi) is 3.97. The number of amides is 1. The summed E-state index contributed by atoms with van der Waals surface area (Å²) in [5.74, 6) is -0.623. The van der Waals surface area contributed by atoms with Gasteiger partial charge in [-0.3, -0.25) is 4.79 Å². The Balaban J connectivity index is 2.15. The van der Waals surface area contributed by atoms with E-state index in [0.717, 1.165) is 12.8 Å². The van der Waals surface area contributed by atoms with Gasteiger partial charge < -0.3 is 4.90 Å². The fraction of sp³-hybridized carbons (Fsp3) is 0.385. The lowest BCUT2D eigenvalue weighted by Crippen LogP contribution is -2.39. The third kappa shape index (κ3) is 2.70. The number of hydrogen-bond acceptors (Lipinski definition) is 2. The Morgan fingerprint density at radius 3 is 3.00 bits per heavy atom. The highest BCUT2D eigenvalue weighted by atomic mass is 79.9. The van der Waals surface area contributed by atoms with Gasteiger partial charge >= 0.3 is 0 Å². The number of nitriles is 1. The molecule has 1 unspecified atom stereocenters. The highest BCUT2D eigenvalue weighted by Gasteiger charge is 2.24. The van der Waals surface area contributed by atoms with Crippen LogP contribution in [0.15, 0.2) is 22.7 Å². The molecule has 5 heteroatoms. The van der Waals surface area contributed by atoms with Gasteiger partial charge in [0.2, 0.25) is 0 Å². The molecule has 94 valence electrons. The quantitative estimate of drug-likeness (QED) is 0.800. The molecule has 0 spiro atoms. The third-order valence-electron chi connectivity index (χ3n) is 3.06. The lowest BCUT2D eigenvalue weighted by Gasteiger charge is -2.29. The number of likely N-dealkylation sites (tertiary alicyclic amines) is 1. The summed E-state index contributed by atoms with van der Waals surface area (Å²) < 4.78 is 13.4. The van der Waals surface area contributed by atoms with Crippen LogP contribution in [0.1, 0.15) is 23.2 Å². The fourth-order valence-corrected chi connectivity index (χ4v) is 2.46. The molecule has 1 aromatic rings. The predicted molar refractivity (Wildman–Crippen MR) is 68.3 cm³/mol. The molecule has 1 heterocycles. The van der Waals surface area contributed by atoms with E-state index in [1.807, 2.05) is 0 Å². The summed E-state index contributed by atoms with van der Waals surface area (Å²) >= 11 is 3.07. The Labute approximate surface area is 113 Å². The smallest absolute Gasteiger partial charge is 0.253 e. The molecule has 0 aliphatic carbocycles. The number of halogens is 2. The molecule has 0 saturated carbocycles. The maximum absolute atomic E-state index is 13.1. The van der Waals surface area contributed by atoms with Crippen molar-refractivity contribution in [3.63, 3.8) is 0 Å². The Bertz CT molecular complexity index is 512. The number of carbonyl (C=O) groups is 1. The maximum Gasteiger partial charge on any atom is 0.253 e. The first-order chi connectivity index (χ1) is 8.61. The largest absolute Gasteiger partial charge is 0.337 e. The topological polar surface area (TPSA) is 44.1 Å². The highest BCUT2D eigenvalue weighted by molar-refractivity contribution is 9.10. The summed E-state index contributed by atoms with van der Waals surface area (Å²) in [6, 6.07) is 6.41. The van der Waals surface area contributed by atoms with Crippen molar-refractivity contribution in [2.45, 2.75) is 12.8 Å². The molecular weight excluding hydrogens is 299 g/mol. The number of rotatable bonds is 1. The van der Waals surface area contributed by atoms with Crippen LogP contribution in [-0.2, 0) is 0 Å². The van der Waals surface area contributed by atoms with Crippen LogP contribution in [0.3, 0.4) is 0 Å². The normalized spacial score (nSPS) is 19.4. The second kappa shape index (κ2) is 5.49. The zero-order valence-electron chi connectivity index (χ0n) is 9.70. The molecule has 1 aliphatic heterocycles. The van der Waals surface area contributed by atoms with E-state index in [0.29, 0.717) is 18.7 Å². The molecule has 0 aromatic heterocycles. The van der Waals surface area contributed by atoms with E-state index in [1.165, 1.54) is 18.2 Å². The van der Waals surface area contributed by atoms with Gasteiger partial charge in [0, 0.05) is 18.7 Å². The van der Waals surface area contributed by atoms with Crippen molar-refractivity contribution in [2.24, 2.45) is 5.92 Å². The van der Waals surface area contributed by atoms with Crippen molar-refractivity contribution < 1.29 is 9.18 Å². The number of piperidine rings is 1. The van der Waals surface area contributed by atoms with E-state index in [4.69, 9.17) is 5.26 Å². The van der Waals surface area contributed by atoms with Gasteiger partial charge in [-0.15, -0.1) is 0 Å². The van der Waals surface area contributed by atoms with Crippen molar-refractivity contribution in [3.05, 3.63) is 34.1 Å².